The molecule has 156 valence electrons. The van der Waals surface area contributed by atoms with Crippen molar-refractivity contribution in [2.45, 2.75) is 6.10 Å². The molecule has 1 N–H and O–H groups in total. The number of rotatable bonds is 8. The second-order valence-corrected chi connectivity index (χ2v) is 6.86. The van der Waals surface area contributed by atoms with E-state index in [2.05, 4.69) is 4.98 Å². The molecule has 6 nitrogen and oxygen atoms in total. The molecule has 0 amide bonds. The van der Waals surface area contributed by atoms with Crippen molar-refractivity contribution in [2.24, 2.45) is 0 Å². The van der Waals surface area contributed by atoms with E-state index in [1.807, 2.05) is 30.3 Å². The lowest BCUT2D eigenvalue weighted by molar-refractivity contribution is -0.149. The van der Waals surface area contributed by atoms with E-state index in [1.165, 1.54) is 0 Å². The number of ketones is 1. The van der Waals surface area contributed by atoms with E-state index in [4.69, 9.17) is 14.2 Å². The fraction of sp³-hybridized carbons (Fsp3) is 0.120. The number of fused-ring (bicyclic) bond motifs is 1. The summed E-state index contributed by atoms with van der Waals surface area (Å²) in [6.45, 7) is -0.323. The summed E-state index contributed by atoms with van der Waals surface area (Å²) in [5, 5.41) is 0.777. The topological polar surface area (TPSA) is 77.6 Å². The van der Waals surface area contributed by atoms with Gasteiger partial charge in [0.1, 0.15) is 11.5 Å². The van der Waals surface area contributed by atoms with E-state index in [1.54, 1.807) is 61.8 Å². The third-order valence-electron chi connectivity index (χ3n) is 4.86. The first-order chi connectivity index (χ1) is 15.2. The molecule has 6 heteroatoms. The quantitative estimate of drug-likeness (QED) is 0.333. The van der Waals surface area contributed by atoms with Crippen molar-refractivity contribution in [1.29, 1.82) is 0 Å². The zero-order chi connectivity index (χ0) is 21.6. The maximum Gasteiger partial charge on any atom is 0.345 e. The number of carbonyl (C=O) groups excluding carboxylic acids is 2. The first kappa shape index (κ1) is 20.2. The molecule has 3 aromatic carbocycles. The van der Waals surface area contributed by atoms with Gasteiger partial charge >= 0.3 is 5.97 Å². The summed E-state index contributed by atoms with van der Waals surface area (Å²) >= 11 is 0. The van der Waals surface area contributed by atoms with Gasteiger partial charge in [0.2, 0.25) is 5.78 Å². The van der Waals surface area contributed by atoms with E-state index in [-0.39, 0.29) is 12.4 Å². The number of nitrogens with one attached hydrogen (secondary N) is 1. The third-order valence-corrected chi connectivity index (χ3v) is 4.86. The Balaban J connectivity index is 1.52. The highest BCUT2D eigenvalue weighted by Gasteiger charge is 2.28. The fourth-order valence-corrected chi connectivity index (χ4v) is 3.30. The van der Waals surface area contributed by atoms with E-state index < -0.39 is 12.1 Å². The molecule has 0 saturated heterocycles. The average molecular weight is 415 g/mol. The van der Waals surface area contributed by atoms with Gasteiger partial charge in [0.15, 0.2) is 12.7 Å². The molecule has 4 aromatic rings. The molecule has 0 spiro atoms. The normalized spacial score (nSPS) is 11.6. The highest BCUT2D eigenvalue weighted by molar-refractivity contribution is 6.10. The molecule has 0 unspecified atom stereocenters. The highest BCUT2D eigenvalue weighted by Crippen LogP contribution is 2.27. The minimum atomic E-state index is -1.08. The monoisotopic (exact) mass is 415 g/mol. The summed E-state index contributed by atoms with van der Waals surface area (Å²) in [6, 6.07) is 23.3. The number of para-hydroxylation sites is 1. The highest BCUT2D eigenvalue weighted by atomic mass is 16.6. The summed E-state index contributed by atoms with van der Waals surface area (Å²) in [6.07, 6.45) is 0.567. The van der Waals surface area contributed by atoms with Gasteiger partial charge in [0, 0.05) is 28.2 Å². The van der Waals surface area contributed by atoms with Gasteiger partial charge in [-0.1, -0.05) is 48.5 Å². The molecule has 0 fully saturated rings. The molecule has 31 heavy (non-hydrogen) atoms. The van der Waals surface area contributed by atoms with Crippen LogP contribution in [-0.2, 0) is 9.53 Å². The Morgan fingerprint density at radius 3 is 2.29 bits per heavy atom. The van der Waals surface area contributed by atoms with Crippen molar-refractivity contribution in [3.63, 3.8) is 0 Å². The molecule has 0 aliphatic carbocycles. The third kappa shape index (κ3) is 4.59. The largest absolute Gasteiger partial charge is 0.497 e. The molecule has 1 heterocycles. The van der Waals surface area contributed by atoms with Gasteiger partial charge < -0.3 is 19.2 Å². The number of hydrogen-bond acceptors (Lipinski definition) is 5. The first-order valence-electron chi connectivity index (χ1n) is 9.77. The van der Waals surface area contributed by atoms with Crippen molar-refractivity contribution in [1.82, 2.24) is 4.98 Å². The first-order valence-corrected chi connectivity index (χ1v) is 9.77. The van der Waals surface area contributed by atoms with Gasteiger partial charge in [-0.05, 0) is 30.3 Å². The SMILES string of the molecule is COc1ccc(OCC(=O)O[C@@H](C(=O)c2c[nH]c3ccccc23)c2ccccc2)cc1. The van der Waals surface area contributed by atoms with Crippen molar-refractivity contribution >= 4 is 22.7 Å². The molecular weight excluding hydrogens is 394 g/mol. The number of H-pyrrole nitrogens is 1. The van der Waals surface area contributed by atoms with E-state index in [0.717, 1.165) is 10.9 Å². The zero-order valence-corrected chi connectivity index (χ0v) is 16.9. The van der Waals surface area contributed by atoms with Crippen LogP contribution in [0.4, 0.5) is 0 Å². The smallest absolute Gasteiger partial charge is 0.345 e. The molecule has 0 bridgehead atoms. The molecule has 1 atom stereocenters. The van der Waals surface area contributed by atoms with E-state index in [0.29, 0.717) is 22.6 Å². The number of esters is 1. The van der Waals surface area contributed by atoms with Crippen LogP contribution in [0.3, 0.4) is 0 Å². The molecule has 0 saturated carbocycles. The molecular formula is C25H21NO5. The minimum Gasteiger partial charge on any atom is -0.497 e. The van der Waals surface area contributed by atoms with Crippen LogP contribution in [0.1, 0.15) is 22.0 Å². The number of carbonyl (C=O) groups is 2. The summed E-state index contributed by atoms with van der Waals surface area (Å²) in [5.74, 6) is 0.236. The van der Waals surface area contributed by atoms with Gasteiger partial charge in [-0.15, -0.1) is 0 Å². The number of aromatic nitrogens is 1. The summed E-state index contributed by atoms with van der Waals surface area (Å²) in [5.41, 5.74) is 1.90. The fourth-order valence-electron chi connectivity index (χ4n) is 3.30. The van der Waals surface area contributed by atoms with Crippen LogP contribution in [0.25, 0.3) is 10.9 Å². The summed E-state index contributed by atoms with van der Waals surface area (Å²) in [7, 11) is 1.57. The maximum absolute atomic E-state index is 13.3. The molecule has 4 rings (SSSR count). The Hall–Kier alpha value is -4.06. The lowest BCUT2D eigenvalue weighted by Crippen LogP contribution is -2.23. The van der Waals surface area contributed by atoms with Gasteiger partial charge in [-0.25, -0.2) is 4.79 Å². The lowest BCUT2D eigenvalue weighted by atomic mass is 9.99. The second kappa shape index (κ2) is 9.17. The standard InChI is InChI=1S/C25H21NO5/c1-29-18-11-13-19(14-12-18)30-16-23(27)31-25(17-7-3-2-4-8-17)24(28)21-15-26-22-10-6-5-9-20(21)22/h2-15,25-26H,16H2,1H3/t25-/m1/s1. The van der Waals surface area contributed by atoms with Crippen molar-refractivity contribution in [2.75, 3.05) is 13.7 Å². The van der Waals surface area contributed by atoms with Crippen LogP contribution in [0.15, 0.2) is 85.1 Å². The van der Waals surface area contributed by atoms with Crippen molar-refractivity contribution in [3.8, 4) is 11.5 Å². The van der Waals surface area contributed by atoms with Crippen LogP contribution in [-0.4, -0.2) is 30.5 Å². The van der Waals surface area contributed by atoms with Gasteiger partial charge in [-0.2, -0.15) is 0 Å². The number of Topliss-reactive ketones (excluding diaryl/α,β-unsaturated/α-hetero) is 1. The number of hydrogen-bond donors (Lipinski definition) is 1. The van der Waals surface area contributed by atoms with E-state index >= 15 is 0 Å². The van der Waals surface area contributed by atoms with Gasteiger partial charge in [0.05, 0.1) is 7.11 Å². The van der Waals surface area contributed by atoms with Crippen LogP contribution in [0.2, 0.25) is 0 Å². The number of aromatic amines is 1. The average Bonchev–Trinajstić information content (AvgIpc) is 3.26. The molecule has 0 radical (unpaired) electrons. The Morgan fingerprint density at radius 2 is 1.55 bits per heavy atom. The maximum atomic E-state index is 13.3. The summed E-state index contributed by atoms with van der Waals surface area (Å²) in [4.78, 5) is 29.0. The Labute approximate surface area is 179 Å². The second-order valence-electron chi connectivity index (χ2n) is 6.86. The predicted octanol–water partition coefficient (Wildman–Crippen LogP) is 4.72. The van der Waals surface area contributed by atoms with Crippen molar-refractivity contribution in [3.05, 3.63) is 96.2 Å². The van der Waals surface area contributed by atoms with Crippen LogP contribution < -0.4 is 9.47 Å². The number of methoxy groups -OCH3 is 1. The molecule has 1 aromatic heterocycles. The lowest BCUT2D eigenvalue weighted by Gasteiger charge is -2.17. The van der Waals surface area contributed by atoms with E-state index in [9.17, 15) is 9.59 Å². The van der Waals surface area contributed by atoms with Gasteiger partial charge in [0.25, 0.3) is 0 Å². The zero-order valence-electron chi connectivity index (χ0n) is 16.9. The Kier molecular flexibility index (Phi) is 5.98. The van der Waals surface area contributed by atoms with Crippen LogP contribution >= 0.6 is 0 Å². The summed E-state index contributed by atoms with van der Waals surface area (Å²) < 4.78 is 16.2. The van der Waals surface area contributed by atoms with Gasteiger partial charge in [-0.3, -0.25) is 4.79 Å². The predicted molar refractivity (Wildman–Crippen MR) is 116 cm³/mol. The molecule has 0 aliphatic heterocycles. The minimum absolute atomic E-state index is 0.304. The molecule has 0 aliphatic rings. The number of ether oxygens (including phenoxy) is 3. The Morgan fingerprint density at radius 1 is 0.871 bits per heavy atom. The van der Waals surface area contributed by atoms with Crippen LogP contribution in [0, 0.1) is 0 Å². The Bertz CT molecular complexity index is 1180. The van der Waals surface area contributed by atoms with Crippen LogP contribution in [0.5, 0.6) is 11.5 Å². The number of benzene rings is 3. The van der Waals surface area contributed by atoms with Crippen molar-refractivity contribution < 1.29 is 23.8 Å².